The van der Waals surface area contributed by atoms with Crippen molar-refractivity contribution in [2.45, 2.75) is 39.7 Å². The molecule has 1 heterocycles. The summed E-state index contributed by atoms with van der Waals surface area (Å²) in [7, 11) is 0. The number of hydrogen-bond donors (Lipinski definition) is 1. The van der Waals surface area contributed by atoms with Crippen LogP contribution in [0.15, 0.2) is 0 Å². The van der Waals surface area contributed by atoms with E-state index in [1.165, 1.54) is 0 Å². The van der Waals surface area contributed by atoms with Crippen molar-refractivity contribution in [2.75, 3.05) is 5.73 Å². The highest BCUT2D eigenvalue weighted by Gasteiger charge is 2.19. The van der Waals surface area contributed by atoms with Crippen LogP contribution in [-0.4, -0.2) is 15.0 Å². The molecule has 0 aliphatic rings. The number of nitrogen functional groups attached to an aromatic ring is 1. The Bertz CT molecular complexity index is 269. The van der Waals surface area contributed by atoms with Gasteiger partial charge in [-0.25, -0.2) is 4.68 Å². The Balaban J connectivity index is 3.16. The van der Waals surface area contributed by atoms with Gasteiger partial charge >= 0.3 is 0 Å². The van der Waals surface area contributed by atoms with Gasteiger partial charge in [0.05, 0.1) is 11.2 Å². The van der Waals surface area contributed by atoms with E-state index in [0.717, 1.165) is 12.1 Å². The van der Waals surface area contributed by atoms with Gasteiger partial charge in [-0.2, -0.15) is 0 Å². The van der Waals surface area contributed by atoms with E-state index in [9.17, 15) is 0 Å². The van der Waals surface area contributed by atoms with Gasteiger partial charge in [0.1, 0.15) is 0 Å². The summed E-state index contributed by atoms with van der Waals surface area (Å²) in [6, 6.07) is 0. The van der Waals surface area contributed by atoms with Crippen LogP contribution >= 0.6 is 0 Å². The number of nitrogens with two attached hydrogens (primary N) is 1. The van der Waals surface area contributed by atoms with Gasteiger partial charge in [-0.3, -0.25) is 0 Å². The molecule has 1 aromatic rings. The topological polar surface area (TPSA) is 56.7 Å². The molecule has 0 aliphatic heterocycles. The fourth-order valence-electron chi connectivity index (χ4n) is 1.18. The molecule has 0 spiro atoms. The molecule has 68 valence electrons. The Morgan fingerprint density at radius 2 is 2.00 bits per heavy atom. The van der Waals surface area contributed by atoms with Gasteiger partial charge in [-0.1, -0.05) is 12.1 Å². The average molecular weight is 168 g/mol. The van der Waals surface area contributed by atoms with E-state index < -0.39 is 0 Å². The average Bonchev–Trinajstić information content (AvgIpc) is 2.29. The lowest BCUT2D eigenvalue weighted by atomic mass is 10.1. The first kappa shape index (κ1) is 9.03. The zero-order valence-electron chi connectivity index (χ0n) is 8.13. The second-order valence-corrected chi connectivity index (χ2v) is 3.86. The van der Waals surface area contributed by atoms with E-state index in [1.54, 1.807) is 0 Å². The van der Waals surface area contributed by atoms with Crippen LogP contribution in [0.3, 0.4) is 0 Å². The smallest absolute Gasteiger partial charge is 0.169 e. The third-order valence-corrected chi connectivity index (χ3v) is 1.76. The van der Waals surface area contributed by atoms with Crippen molar-refractivity contribution < 1.29 is 0 Å². The molecule has 0 amide bonds. The molecule has 1 aromatic heterocycles. The Morgan fingerprint density at radius 1 is 1.42 bits per heavy atom. The van der Waals surface area contributed by atoms with E-state index >= 15 is 0 Å². The quantitative estimate of drug-likeness (QED) is 0.685. The Hall–Kier alpha value is -1.06. The molecule has 12 heavy (non-hydrogen) atoms. The summed E-state index contributed by atoms with van der Waals surface area (Å²) in [6.07, 6.45) is 0.871. The fourth-order valence-corrected chi connectivity index (χ4v) is 1.18. The normalized spacial score (nSPS) is 12.0. The number of aromatic nitrogens is 3. The third kappa shape index (κ3) is 1.42. The highest BCUT2D eigenvalue weighted by molar-refractivity contribution is 5.33. The molecule has 0 atom stereocenters. The molecule has 0 radical (unpaired) electrons. The summed E-state index contributed by atoms with van der Waals surface area (Å²) < 4.78 is 1.88. The van der Waals surface area contributed by atoms with Gasteiger partial charge in [-0.15, -0.1) is 5.10 Å². The Morgan fingerprint density at radius 3 is 2.33 bits per heavy atom. The fraction of sp³-hybridized carbons (Fsp3) is 0.750. The lowest BCUT2D eigenvalue weighted by molar-refractivity contribution is 0.336. The van der Waals surface area contributed by atoms with Gasteiger partial charge in [0.2, 0.25) is 0 Å². The minimum Gasteiger partial charge on any atom is -0.381 e. The minimum absolute atomic E-state index is 0.0318. The van der Waals surface area contributed by atoms with Crippen molar-refractivity contribution in [2.24, 2.45) is 0 Å². The van der Waals surface area contributed by atoms with Gasteiger partial charge < -0.3 is 5.73 Å². The van der Waals surface area contributed by atoms with Gasteiger partial charge in [0.25, 0.3) is 0 Å². The van der Waals surface area contributed by atoms with Gasteiger partial charge in [0, 0.05) is 0 Å². The monoisotopic (exact) mass is 168 g/mol. The molecule has 0 fully saturated rings. The first-order chi connectivity index (χ1) is 5.46. The predicted octanol–water partition coefficient (Wildman–Crippen LogP) is 1.18. The summed E-state index contributed by atoms with van der Waals surface area (Å²) in [5, 5.41) is 7.84. The summed E-state index contributed by atoms with van der Waals surface area (Å²) >= 11 is 0. The van der Waals surface area contributed by atoms with Crippen LogP contribution in [0.25, 0.3) is 0 Å². The molecule has 0 aliphatic carbocycles. The van der Waals surface area contributed by atoms with Crippen molar-refractivity contribution in [1.82, 2.24) is 15.0 Å². The zero-order valence-corrected chi connectivity index (χ0v) is 8.13. The van der Waals surface area contributed by atoms with Crippen molar-refractivity contribution in [3.63, 3.8) is 0 Å². The highest BCUT2D eigenvalue weighted by Crippen LogP contribution is 2.18. The number of rotatable bonds is 1. The maximum atomic E-state index is 5.65. The lowest BCUT2D eigenvalue weighted by Crippen LogP contribution is -2.25. The maximum Gasteiger partial charge on any atom is 0.169 e. The summed E-state index contributed by atoms with van der Waals surface area (Å²) in [6.45, 7) is 8.30. The lowest BCUT2D eigenvalue weighted by Gasteiger charge is -2.20. The van der Waals surface area contributed by atoms with Gasteiger partial charge in [0.15, 0.2) is 5.82 Å². The molecular formula is C8H16N4. The molecule has 0 unspecified atom stereocenters. The first-order valence-electron chi connectivity index (χ1n) is 4.17. The van der Waals surface area contributed by atoms with Crippen LogP contribution in [0, 0.1) is 0 Å². The molecule has 4 nitrogen and oxygen atoms in total. The number of nitrogens with zero attached hydrogens (tertiary/aromatic N) is 3. The molecule has 0 bridgehead atoms. The maximum absolute atomic E-state index is 5.65. The van der Waals surface area contributed by atoms with E-state index in [0.29, 0.717) is 5.82 Å². The van der Waals surface area contributed by atoms with Crippen LogP contribution in [0.5, 0.6) is 0 Å². The van der Waals surface area contributed by atoms with E-state index in [4.69, 9.17) is 5.73 Å². The van der Waals surface area contributed by atoms with E-state index in [1.807, 2.05) is 4.68 Å². The predicted molar refractivity (Wildman–Crippen MR) is 48.8 cm³/mol. The van der Waals surface area contributed by atoms with Crippen LogP contribution in [0.4, 0.5) is 5.82 Å². The van der Waals surface area contributed by atoms with Crippen molar-refractivity contribution >= 4 is 5.82 Å². The second-order valence-electron chi connectivity index (χ2n) is 3.86. The Kier molecular flexibility index (Phi) is 2.08. The molecule has 0 saturated carbocycles. The molecule has 4 heteroatoms. The van der Waals surface area contributed by atoms with E-state index in [-0.39, 0.29) is 5.54 Å². The molecule has 0 aromatic carbocycles. The van der Waals surface area contributed by atoms with Crippen LogP contribution in [0.2, 0.25) is 0 Å². The standard InChI is InChI=1S/C8H16N4/c1-5-6-7(9)10-11-12(6)8(2,3)4/h5,9H2,1-4H3. The third-order valence-electron chi connectivity index (χ3n) is 1.76. The van der Waals surface area contributed by atoms with Crippen LogP contribution < -0.4 is 5.73 Å². The summed E-state index contributed by atoms with van der Waals surface area (Å²) in [5.41, 5.74) is 6.64. The van der Waals surface area contributed by atoms with Crippen LogP contribution in [0.1, 0.15) is 33.4 Å². The summed E-state index contributed by atoms with van der Waals surface area (Å²) in [4.78, 5) is 0. The van der Waals surface area contributed by atoms with Crippen molar-refractivity contribution in [3.8, 4) is 0 Å². The molecule has 1 rings (SSSR count). The van der Waals surface area contributed by atoms with E-state index in [2.05, 4.69) is 38.0 Å². The molecule has 0 saturated heterocycles. The first-order valence-corrected chi connectivity index (χ1v) is 4.17. The second kappa shape index (κ2) is 2.77. The van der Waals surface area contributed by atoms with Crippen LogP contribution in [-0.2, 0) is 12.0 Å². The highest BCUT2D eigenvalue weighted by atomic mass is 15.5. The summed E-state index contributed by atoms with van der Waals surface area (Å²) in [5.74, 6) is 0.549. The SMILES string of the molecule is CCc1c(N)nnn1C(C)(C)C. The van der Waals surface area contributed by atoms with Gasteiger partial charge in [-0.05, 0) is 27.2 Å². The van der Waals surface area contributed by atoms with Crippen molar-refractivity contribution in [3.05, 3.63) is 5.69 Å². The number of anilines is 1. The minimum atomic E-state index is -0.0318. The zero-order chi connectivity index (χ0) is 9.35. The number of hydrogen-bond acceptors (Lipinski definition) is 3. The molecule has 2 N–H and O–H groups in total. The Labute approximate surface area is 72.8 Å². The van der Waals surface area contributed by atoms with Crippen molar-refractivity contribution in [1.29, 1.82) is 0 Å². The largest absolute Gasteiger partial charge is 0.381 e. The molecular weight excluding hydrogens is 152 g/mol.